The minimum absolute atomic E-state index is 0.0399. The molecule has 0 saturated carbocycles. The lowest BCUT2D eigenvalue weighted by atomic mass is 10.1. The van der Waals surface area contributed by atoms with Gasteiger partial charge in [-0.1, -0.05) is 46.9 Å². The molecule has 43 heavy (non-hydrogen) atoms. The van der Waals surface area contributed by atoms with Crippen LogP contribution >= 0.6 is 46.1 Å². The number of benzene rings is 2. The van der Waals surface area contributed by atoms with Crippen LogP contribution in [0.15, 0.2) is 54.2 Å². The van der Waals surface area contributed by atoms with E-state index in [0.29, 0.717) is 38.0 Å². The number of halogens is 4. The highest BCUT2D eigenvalue weighted by Gasteiger charge is 2.26. The molecule has 6 rings (SSSR count). The summed E-state index contributed by atoms with van der Waals surface area (Å²) in [6, 6.07) is 11.8. The number of fused-ring (bicyclic) bond motifs is 1. The van der Waals surface area contributed by atoms with E-state index in [2.05, 4.69) is 43.8 Å². The molecule has 220 valence electrons. The second kappa shape index (κ2) is 12.6. The number of hydrogen-bond donors (Lipinski definition) is 2. The van der Waals surface area contributed by atoms with Crippen molar-refractivity contribution in [1.29, 1.82) is 5.26 Å². The van der Waals surface area contributed by atoms with Gasteiger partial charge in [0.2, 0.25) is 0 Å². The Morgan fingerprint density at radius 2 is 1.88 bits per heavy atom. The molecule has 0 aliphatic carbocycles. The van der Waals surface area contributed by atoms with Crippen molar-refractivity contribution >= 4 is 74.1 Å². The molecule has 13 heteroatoms. The monoisotopic (exact) mass is 654 g/mol. The molecule has 1 atom stereocenters. The van der Waals surface area contributed by atoms with Gasteiger partial charge in [0, 0.05) is 36.0 Å². The molecule has 3 aromatic heterocycles. The van der Waals surface area contributed by atoms with Crippen molar-refractivity contribution in [1.82, 2.24) is 24.9 Å². The van der Waals surface area contributed by atoms with Gasteiger partial charge in [-0.2, -0.15) is 5.26 Å². The first kappa shape index (κ1) is 29.6. The smallest absolute Gasteiger partial charge is 0.141 e. The summed E-state index contributed by atoms with van der Waals surface area (Å²) >= 11 is 20.9. The molecule has 1 saturated heterocycles. The summed E-state index contributed by atoms with van der Waals surface area (Å²) in [5.41, 5.74) is 3.15. The molecular formula is C30H26Cl3FN8S. The third-order valence-electron chi connectivity index (χ3n) is 7.65. The number of thiophene rings is 1. The van der Waals surface area contributed by atoms with E-state index in [9.17, 15) is 9.65 Å². The molecule has 0 spiro atoms. The van der Waals surface area contributed by atoms with Gasteiger partial charge in [-0.3, -0.25) is 4.98 Å². The highest BCUT2D eigenvalue weighted by Crippen LogP contribution is 2.39. The van der Waals surface area contributed by atoms with Gasteiger partial charge in [0.1, 0.15) is 23.6 Å². The van der Waals surface area contributed by atoms with Crippen LogP contribution in [-0.4, -0.2) is 44.5 Å². The molecule has 0 unspecified atom stereocenters. The summed E-state index contributed by atoms with van der Waals surface area (Å²) < 4.78 is 15.8. The number of hydrogen-bond acceptors (Lipinski definition) is 8. The Hall–Kier alpha value is -3.46. The molecule has 8 nitrogen and oxygen atoms in total. The zero-order chi connectivity index (χ0) is 30.1. The third-order valence-corrected chi connectivity index (χ3v) is 9.66. The fraction of sp³-hybridized carbons (Fsp3) is 0.267. The van der Waals surface area contributed by atoms with E-state index < -0.39 is 11.9 Å². The lowest BCUT2D eigenvalue weighted by Crippen LogP contribution is -2.34. The fourth-order valence-corrected chi connectivity index (χ4v) is 7.01. The van der Waals surface area contributed by atoms with Gasteiger partial charge in [-0.05, 0) is 61.2 Å². The maximum absolute atomic E-state index is 13.8. The normalized spacial score (nSPS) is 15.0. The van der Waals surface area contributed by atoms with Gasteiger partial charge in [0.15, 0.2) is 0 Å². The van der Waals surface area contributed by atoms with Crippen molar-refractivity contribution in [2.75, 3.05) is 30.3 Å². The number of nitrogens with one attached hydrogen (secondary N) is 2. The second-order valence-corrected chi connectivity index (χ2v) is 12.4. The van der Waals surface area contributed by atoms with E-state index >= 15 is 0 Å². The van der Waals surface area contributed by atoms with Gasteiger partial charge < -0.3 is 15.5 Å². The largest absolute Gasteiger partial charge is 0.372 e. The Morgan fingerprint density at radius 1 is 1.09 bits per heavy atom. The third kappa shape index (κ3) is 6.14. The van der Waals surface area contributed by atoms with Crippen molar-refractivity contribution in [3.63, 3.8) is 0 Å². The van der Waals surface area contributed by atoms with Crippen LogP contribution in [0.1, 0.15) is 48.0 Å². The fourth-order valence-electron chi connectivity index (χ4n) is 5.33. The number of nitrogens with zero attached hydrogens (tertiary/aromatic N) is 6. The minimum atomic E-state index is -0.538. The van der Waals surface area contributed by atoms with Crippen molar-refractivity contribution in [2.24, 2.45) is 0 Å². The van der Waals surface area contributed by atoms with Crippen molar-refractivity contribution in [2.45, 2.75) is 31.8 Å². The summed E-state index contributed by atoms with van der Waals surface area (Å²) in [6.07, 6.45) is 5.46. The number of likely N-dealkylation sites (tertiary alicyclic amines) is 1. The van der Waals surface area contributed by atoms with Crippen molar-refractivity contribution in [3.05, 3.63) is 91.2 Å². The topological polar surface area (TPSA) is 94.7 Å². The second-order valence-electron chi connectivity index (χ2n) is 10.3. The number of nitriles is 1. The van der Waals surface area contributed by atoms with E-state index in [4.69, 9.17) is 34.8 Å². The summed E-state index contributed by atoms with van der Waals surface area (Å²) in [4.78, 5) is 7.76. The SMILES string of the molecule is CCN1CCC(n2cc([C@@H](Nc3cc(Cl)c4ncc(C#N)c(Nc5ccc(F)c(Cl)c5)c4c3)c3sccc3Cl)nn2)CC1. The Kier molecular flexibility index (Phi) is 8.71. The number of anilines is 3. The zero-order valence-corrected chi connectivity index (χ0v) is 26.1. The van der Waals surface area contributed by atoms with E-state index in [0.717, 1.165) is 43.0 Å². The van der Waals surface area contributed by atoms with E-state index in [-0.39, 0.29) is 16.6 Å². The Bertz CT molecular complexity index is 1830. The Morgan fingerprint density at radius 3 is 2.58 bits per heavy atom. The van der Waals surface area contributed by atoms with Gasteiger partial charge in [0.05, 0.1) is 49.0 Å². The summed E-state index contributed by atoms with van der Waals surface area (Å²) in [6.45, 7) is 5.29. The molecule has 5 aromatic rings. The van der Waals surface area contributed by atoms with Crippen LogP contribution in [0.3, 0.4) is 0 Å². The minimum Gasteiger partial charge on any atom is -0.372 e. The molecule has 0 amide bonds. The highest BCUT2D eigenvalue weighted by molar-refractivity contribution is 7.10. The first-order valence-corrected chi connectivity index (χ1v) is 15.7. The van der Waals surface area contributed by atoms with Crippen molar-refractivity contribution < 1.29 is 4.39 Å². The first-order chi connectivity index (χ1) is 20.8. The van der Waals surface area contributed by atoms with Gasteiger partial charge in [-0.25, -0.2) is 9.07 Å². The number of pyridine rings is 1. The van der Waals surface area contributed by atoms with Crippen LogP contribution in [-0.2, 0) is 0 Å². The predicted octanol–water partition coefficient (Wildman–Crippen LogP) is 8.46. The standard InChI is InChI=1S/C30H26Cl3FN8S/c1-2-41-8-5-20(6-9-41)42-16-26(39-40-42)29(30-22(31)7-10-43-30)38-19-11-21-27(37-18-3-4-25(34)23(32)12-18)17(14-35)15-36-28(21)24(33)13-19/h3-4,7,10-13,15-16,20,29,38H,2,5-6,8-9H2,1H3,(H,36,37)/t29-/m1/s1. The molecule has 1 fully saturated rings. The number of aromatic nitrogens is 4. The Labute approximate surface area is 267 Å². The van der Waals surface area contributed by atoms with Gasteiger partial charge >= 0.3 is 0 Å². The molecule has 4 heterocycles. The molecule has 2 aromatic carbocycles. The van der Waals surface area contributed by atoms with Crippen LogP contribution in [0, 0.1) is 17.1 Å². The first-order valence-electron chi connectivity index (χ1n) is 13.7. The average molecular weight is 656 g/mol. The Balaban J connectivity index is 1.38. The van der Waals surface area contributed by atoms with Crippen LogP contribution in [0.5, 0.6) is 0 Å². The summed E-state index contributed by atoms with van der Waals surface area (Å²) in [5.74, 6) is -0.538. The average Bonchev–Trinajstić information content (AvgIpc) is 3.68. The van der Waals surface area contributed by atoms with Crippen LogP contribution < -0.4 is 10.6 Å². The quantitative estimate of drug-likeness (QED) is 0.173. The zero-order valence-electron chi connectivity index (χ0n) is 23.0. The molecule has 2 N–H and O–H groups in total. The van der Waals surface area contributed by atoms with E-state index in [1.807, 2.05) is 28.4 Å². The maximum atomic E-state index is 13.8. The lowest BCUT2D eigenvalue weighted by molar-refractivity contribution is 0.186. The maximum Gasteiger partial charge on any atom is 0.141 e. The highest BCUT2D eigenvalue weighted by atomic mass is 35.5. The van der Waals surface area contributed by atoms with E-state index in [1.54, 1.807) is 12.1 Å². The molecule has 1 aliphatic heterocycles. The van der Waals surface area contributed by atoms with Crippen LogP contribution in [0.4, 0.5) is 21.5 Å². The number of piperidine rings is 1. The molecule has 0 bridgehead atoms. The summed E-state index contributed by atoms with van der Waals surface area (Å²) in [5, 5.41) is 29.2. The van der Waals surface area contributed by atoms with Gasteiger partial charge in [0.25, 0.3) is 0 Å². The molecular weight excluding hydrogens is 630 g/mol. The summed E-state index contributed by atoms with van der Waals surface area (Å²) in [7, 11) is 0. The lowest BCUT2D eigenvalue weighted by Gasteiger charge is -2.30. The van der Waals surface area contributed by atoms with E-state index in [1.165, 1.54) is 29.7 Å². The molecule has 1 aliphatic rings. The molecule has 0 radical (unpaired) electrons. The predicted molar refractivity (Wildman–Crippen MR) is 171 cm³/mol. The van der Waals surface area contributed by atoms with Gasteiger partial charge in [-0.15, -0.1) is 16.4 Å². The van der Waals surface area contributed by atoms with Crippen molar-refractivity contribution in [3.8, 4) is 6.07 Å². The number of rotatable bonds is 8. The van der Waals surface area contributed by atoms with Crippen LogP contribution in [0.25, 0.3) is 10.9 Å². The van der Waals surface area contributed by atoms with Crippen LogP contribution in [0.2, 0.25) is 15.1 Å².